The van der Waals surface area contributed by atoms with Gasteiger partial charge in [0, 0.05) is 12.3 Å². The molecule has 0 radical (unpaired) electrons. The molecule has 0 saturated heterocycles. The van der Waals surface area contributed by atoms with Gasteiger partial charge in [-0.1, -0.05) is 71.1 Å². The van der Waals surface area contributed by atoms with Crippen LogP contribution in [0.4, 0.5) is 0 Å². The van der Waals surface area contributed by atoms with Gasteiger partial charge in [0.25, 0.3) is 0 Å². The molecule has 106 valence electrons. The van der Waals surface area contributed by atoms with Crippen LogP contribution in [0.1, 0.15) is 96.8 Å². The van der Waals surface area contributed by atoms with Gasteiger partial charge in [-0.15, -0.1) is 0 Å². The molecule has 0 aromatic carbocycles. The van der Waals surface area contributed by atoms with Crippen molar-refractivity contribution >= 4 is 5.78 Å². The molecule has 0 unspecified atom stereocenters. The normalized spacial score (nSPS) is 14.9. The first-order chi connectivity index (χ1) is 8.84. The second kappa shape index (κ2) is 10.6. The van der Waals surface area contributed by atoms with E-state index in [9.17, 15) is 4.79 Å². The van der Waals surface area contributed by atoms with E-state index in [4.69, 9.17) is 0 Å². The van der Waals surface area contributed by atoms with E-state index in [0.717, 1.165) is 12.8 Å². The first-order valence-electron chi connectivity index (χ1n) is 8.37. The van der Waals surface area contributed by atoms with Crippen LogP contribution in [0.25, 0.3) is 0 Å². The van der Waals surface area contributed by atoms with E-state index in [1.54, 1.807) is 0 Å². The predicted octanol–water partition coefficient (Wildman–Crippen LogP) is 5.67. The minimum absolute atomic E-state index is 0.480. The predicted molar refractivity (Wildman–Crippen MR) is 78.8 cm³/mol. The summed E-state index contributed by atoms with van der Waals surface area (Å²) in [5.74, 6) is 1.03. The van der Waals surface area contributed by atoms with E-state index in [0.29, 0.717) is 11.7 Å². The van der Waals surface area contributed by atoms with E-state index < -0.39 is 0 Å². The van der Waals surface area contributed by atoms with Crippen molar-refractivity contribution in [2.75, 3.05) is 0 Å². The van der Waals surface area contributed by atoms with Crippen LogP contribution in [0.15, 0.2) is 0 Å². The van der Waals surface area contributed by atoms with Gasteiger partial charge < -0.3 is 0 Å². The van der Waals surface area contributed by atoms with Crippen molar-refractivity contribution < 1.29 is 4.79 Å². The van der Waals surface area contributed by atoms with E-state index >= 15 is 0 Å². The highest BCUT2D eigenvalue weighted by Crippen LogP contribution is 2.31. The first kappa shape index (κ1) is 15.7. The molecule has 1 rings (SSSR count). The summed E-state index contributed by atoms with van der Waals surface area (Å²) in [5.41, 5.74) is 0. The van der Waals surface area contributed by atoms with Crippen molar-refractivity contribution in [3.05, 3.63) is 0 Å². The van der Waals surface area contributed by atoms with Gasteiger partial charge in [-0.2, -0.15) is 0 Å². The van der Waals surface area contributed by atoms with Crippen LogP contribution in [-0.2, 0) is 4.79 Å². The highest BCUT2D eigenvalue weighted by atomic mass is 16.1. The lowest BCUT2D eigenvalue weighted by Gasteiger charge is -2.02. The summed E-state index contributed by atoms with van der Waals surface area (Å²) in [5, 5.41) is 0. The standard InChI is InChI=1S/C17H32O/c1-2-3-4-5-6-7-8-9-10-11-12-13-17(18)16-14-15-16/h16H,2-15H2,1H3. The van der Waals surface area contributed by atoms with Crippen molar-refractivity contribution in [2.45, 2.75) is 96.8 Å². The third kappa shape index (κ3) is 8.72. The Kier molecular flexibility index (Phi) is 9.24. The maximum absolute atomic E-state index is 11.5. The van der Waals surface area contributed by atoms with Crippen LogP contribution < -0.4 is 0 Å². The Morgan fingerprint density at radius 3 is 1.67 bits per heavy atom. The number of rotatable bonds is 13. The average Bonchev–Trinajstić information content (AvgIpc) is 3.20. The molecule has 18 heavy (non-hydrogen) atoms. The number of ketones is 1. The van der Waals surface area contributed by atoms with Crippen LogP contribution in [0.3, 0.4) is 0 Å². The lowest BCUT2D eigenvalue weighted by Crippen LogP contribution is -1.99. The van der Waals surface area contributed by atoms with Gasteiger partial charge in [-0.05, 0) is 19.3 Å². The number of hydrogen-bond acceptors (Lipinski definition) is 1. The monoisotopic (exact) mass is 252 g/mol. The van der Waals surface area contributed by atoms with E-state index in [2.05, 4.69) is 6.92 Å². The molecule has 0 spiro atoms. The second-order valence-electron chi connectivity index (χ2n) is 6.03. The van der Waals surface area contributed by atoms with Crippen molar-refractivity contribution in [2.24, 2.45) is 5.92 Å². The van der Waals surface area contributed by atoms with Gasteiger partial charge in [0.1, 0.15) is 5.78 Å². The zero-order valence-electron chi connectivity index (χ0n) is 12.4. The van der Waals surface area contributed by atoms with E-state index in [1.807, 2.05) is 0 Å². The fraction of sp³-hybridized carbons (Fsp3) is 0.941. The molecular formula is C17H32O. The fourth-order valence-corrected chi connectivity index (χ4v) is 2.57. The Balaban J connectivity index is 1.69. The van der Waals surface area contributed by atoms with Crippen molar-refractivity contribution in [1.29, 1.82) is 0 Å². The van der Waals surface area contributed by atoms with Gasteiger partial charge in [0.15, 0.2) is 0 Å². The Labute approximate surface area is 114 Å². The Morgan fingerprint density at radius 1 is 0.778 bits per heavy atom. The van der Waals surface area contributed by atoms with Crippen LogP contribution in [0.2, 0.25) is 0 Å². The highest BCUT2D eigenvalue weighted by Gasteiger charge is 2.28. The molecule has 1 nitrogen and oxygen atoms in total. The van der Waals surface area contributed by atoms with Crippen LogP contribution >= 0.6 is 0 Å². The third-order valence-electron chi connectivity index (χ3n) is 4.06. The zero-order chi connectivity index (χ0) is 13.1. The molecule has 0 aliphatic heterocycles. The number of carbonyl (C=O) groups is 1. The Bertz CT molecular complexity index is 206. The summed E-state index contributed by atoms with van der Waals surface area (Å²) < 4.78 is 0. The van der Waals surface area contributed by atoms with E-state index in [1.165, 1.54) is 77.0 Å². The summed E-state index contributed by atoms with van der Waals surface area (Å²) in [6, 6.07) is 0. The Hall–Kier alpha value is -0.330. The van der Waals surface area contributed by atoms with Gasteiger partial charge in [-0.3, -0.25) is 4.79 Å². The van der Waals surface area contributed by atoms with E-state index in [-0.39, 0.29) is 0 Å². The van der Waals surface area contributed by atoms with Crippen LogP contribution in [-0.4, -0.2) is 5.78 Å². The SMILES string of the molecule is CCCCCCCCCCCCCC(=O)C1CC1. The number of unbranched alkanes of at least 4 members (excludes halogenated alkanes) is 10. The molecule has 0 aromatic heterocycles. The molecule has 1 aliphatic rings. The van der Waals surface area contributed by atoms with Crippen LogP contribution in [0, 0.1) is 5.92 Å². The lowest BCUT2D eigenvalue weighted by atomic mass is 10.0. The zero-order valence-corrected chi connectivity index (χ0v) is 12.4. The topological polar surface area (TPSA) is 17.1 Å². The van der Waals surface area contributed by atoms with Crippen molar-refractivity contribution in [3.8, 4) is 0 Å². The average molecular weight is 252 g/mol. The minimum Gasteiger partial charge on any atom is -0.299 e. The third-order valence-corrected chi connectivity index (χ3v) is 4.06. The van der Waals surface area contributed by atoms with Gasteiger partial charge >= 0.3 is 0 Å². The fourth-order valence-electron chi connectivity index (χ4n) is 2.57. The smallest absolute Gasteiger partial charge is 0.135 e. The molecule has 0 heterocycles. The summed E-state index contributed by atoms with van der Waals surface area (Å²) in [7, 11) is 0. The molecule has 0 aromatic rings. The minimum atomic E-state index is 0.480. The van der Waals surface area contributed by atoms with Crippen LogP contribution in [0.5, 0.6) is 0 Å². The van der Waals surface area contributed by atoms with Crippen molar-refractivity contribution in [3.63, 3.8) is 0 Å². The molecule has 0 amide bonds. The number of Topliss-reactive ketones (excluding diaryl/α,β-unsaturated/α-hetero) is 1. The summed E-state index contributed by atoms with van der Waals surface area (Å²) >= 11 is 0. The summed E-state index contributed by atoms with van der Waals surface area (Å²) in [6.45, 7) is 2.27. The Morgan fingerprint density at radius 2 is 1.22 bits per heavy atom. The highest BCUT2D eigenvalue weighted by molar-refractivity contribution is 5.82. The molecular weight excluding hydrogens is 220 g/mol. The quantitative estimate of drug-likeness (QED) is 0.386. The molecule has 0 bridgehead atoms. The number of hydrogen-bond donors (Lipinski definition) is 0. The summed E-state index contributed by atoms with van der Waals surface area (Å²) in [4.78, 5) is 11.5. The van der Waals surface area contributed by atoms with Gasteiger partial charge in [0.05, 0.1) is 0 Å². The second-order valence-corrected chi connectivity index (χ2v) is 6.03. The summed E-state index contributed by atoms with van der Waals surface area (Å²) in [6.07, 6.45) is 18.2. The molecule has 1 aliphatic carbocycles. The largest absolute Gasteiger partial charge is 0.299 e. The maximum Gasteiger partial charge on any atom is 0.135 e. The maximum atomic E-state index is 11.5. The van der Waals surface area contributed by atoms with Crippen molar-refractivity contribution in [1.82, 2.24) is 0 Å². The van der Waals surface area contributed by atoms with Gasteiger partial charge in [-0.25, -0.2) is 0 Å². The molecule has 1 saturated carbocycles. The molecule has 1 heteroatoms. The first-order valence-corrected chi connectivity index (χ1v) is 8.37. The lowest BCUT2D eigenvalue weighted by molar-refractivity contribution is -0.120. The molecule has 1 fully saturated rings. The molecule has 0 atom stereocenters. The molecule has 0 N–H and O–H groups in total. The number of carbonyl (C=O) groups excluding carboxylic acids is 1. The van der Waals surface area contributed by atoms with Gasteiger partial charge in [0.2, 0.25) is 0 Å².